The van der Waals surface area contributed by atoms with Crippen molar-refractivity contribution >= 4 is 51.5 Å². The maximum Gasteiger partial charge on any atom is 0.521 e. The van der Waals surface area contributed by atoms with Gasteiger partial charge < -0.3 is 5.11 Å². The van der Waals surface area contributed by atoms with Crippen LogP contribution in [-0.2, 0) is 14.8 Å². The van der Waals surface area contributed by atoms with Crippen LogP contribution < -0.4 is 5.14 Å². The number of quaternary nitrogens is 1. The molecule has 0 bridgehead atoms. The summed E-state index contributed by atoms with van der Waals surface area (Å²) in [6.45, 7) is 3.70. The molecule has 2 aliphatic rings. The minimum atomic E-state index is -4.11. The lowest BCUT2D eigenvalue weighted by molar-refractivity contribution is -0.793. The molecule has 0 aromatic heterocycles. The van der Waals surface area contributed by atoms with E-state index in [4.69, 9.17) is 16.7 Å². The van der Waals surface area contributed by atoms with Crippen LogP contribution in [0.25, 0.3) is 0 Å². The van der Waals surface area contributed by atoms with Gasteiger partial charge in [-0.2, -0.15) is 9.28 Å². The number of primary sulfonamides is 1. The van der Waals surface area contributed by atoms with Gasteiger partial charge >= 0.3 is 12.0 Å². The summed E-state index contributed by atoms with van der Waals surface area (Å²) in [5.41, 5.74) is 1.64. The van der Waals surface area contributed by atoms with Crippen LogP contribution in [0.4, 0.5) is 4.79 Å². The van der Waals surface area contributed by atoms with Crippen LogP contribution >= 0.6 is 23.5 Å². The van der Waals surface area contributed by atoms with Crippen molar-refractivity contribution in [3.05, 3.63) is 64.2 Å². The van der Waals surface area contributed by atoms with Gasteiger partial charge in [-0.1, -0.05) is 35.9 Å². The maximum absolute atomic E-state index is 13.3. The summed E-state index contributed by atoms with van der Waals surface area (Å²) in [4.78, 5) is 38.6. The Kier molecular flexibility index (Phi) is 7.24. The molecule has 3 amide bonds. The second kappa shape index (κ2) is 9.79. The molecule has 4 rings (SSSR count). The quantitative estimate of drug-likeness (QED) is 0.408. The zero-order chi connectivity index (χ0) is 26.4. The SMILES string of the molecule is CC(CSN1C(=O)c2ccccc2C1c1ccc(Cl)c(S(N)(=O)=O)c1)C(=O)[N+]1(C(=O)O)CCC[C@H]1C. The molecule has 0 saturated carbocycles. The lowest BCUT2D eigenvalue weighted by atomic mass is 9.98. The Morgan fingerprint density at radius 2 is 1.97 bits per heavy atom. The maximum atomic E-state index is 13.3. The molecule has 0 spiro atoms. The summed E-state index contributed by atoms with van der Waals surface area (Å²) in [6.07, 6.45) is 0.161. The third-order valence-corrected chi connectivity index (χ3v) is 9.70. The molecule has 3 N–H and O–H groups in total. The molecule has 36 heavy (non-hydrogen) atoms. The van der Waals surface area contributed by atoms with E-state index in [1.54, 1.807) is 44.2 Å². The summed E-state index contributed by atoms with van der Waals surface area (Å²) < 4.78 is 25.0. The predicted octanol–water partition coefficient (Wildman–Crippen LogP) is 4.02. The van der Waals surface area contributed by atoms with Crippen LogP contribution in [0, 0.1) is 5.92 Å². The Hall–Kier alpha value is -2.44. The molecule has 2 aromatic rings. The number of fused-ring (bicyclic) bond motifs is 1. The van der Waals surface area contributed by atoms with Gasteiger partial charge in [-0.05, 0) is 55.1 Å². The molecule has 2 aliphatic heterocycles. The van der Waals surface area contributed by atoms with Gasteiger partial charge in [-0.25, -0.2) is 18.4 Å². The van der Waals surface area contributed by atoms with E-state index >= 15 is 0 Å². The van der Waals surface area contributed by atoms with Crippen molar-refractivity contribution in [2.24, 2.45) is 11.1 Å². The first-order valence-electron chi connectivity index (χ1n) is 11.4. The zero-order valence-corrected chi connectivity index (χ0v) is 22.1. The molecule has 0 radical (unpaired) electrons. The van der Waals surface area contributed by atoms with Gasteiger partial charge in [0.1, 0.15) is 10.9 Å². The lowest BCUT2D eigenvalue weighted by Gasteiger charge is -2.32. The number of rotatable bonds is 6. The summed E-state index contributed by atoms with van der Waals surface area (Å²) in [6, 6.07) is 10.4. The van der Waals surface area contributed by atoms with Crippen LogP contribution in [0.15, 0.2) is 47.4 Å². The first kappa shape index (κ1) is 26.6. The second-order valence-corrected chi connectivity index (χ2v) is 12.2. The van der Waals surface area contributed by atoms with Crippen molar-refractivity contribution in [3.8, 4) is 0 Å². The smallest absolute Gasteiger partial charge is 0.435 e. The van der Waals surface area contributed by atoms with Gasteiger partial charge in [0.05, 0.1) is 23.5 Å². The Bertz CT molecular complexity index is 1350. The second-order valence-electron chi connectivity index (χ2n) is 9.26. The van der Waals surface area contributed by atoms with Gasteiger partial charge in [0, 0.05) is 24.2 Å². The average molecular weight is 553 g/mol. The molecule has 192 valence electrons. The van der Waals surface area contributed by atoms with E-state index in [0.717, 1.165) is 11.9 Å². The lowest BCUT2D eigenvalue weighted by Crippen LogP contribution is -2.60. The van der Waals surface area contributed by atoms with Crippen molar-refractivity contribution in [2.75, 3.05) is 12.3 Å². The van der Waals surface area contributed by atoms with Gasteiger partial charge in [0.25, 0.3) is 5.91 Å². The number of nitrogens with zero attached hydrogens (tertiary/aromatic N) is 2. The average Bonchev–Trinajstić information content (AvgIpc) is 3.35. The third kappa shape index (κ3) is 4.43. The number of imide groups is 1. The summed E-state index contributed by atoms with van der Waals surface area (Å²) in [5, 5.41) is 15.2. The van der Waals surface area contributed by atoms with Crippen molar-refractivity contribution < 1.29 is 32.4 Å². The summed E-state index contributed by atoms with van der Waals surface area (Å²) in [5.74, 6) is -1.15. The Balaban J connectivity index is 1.65. The topological polar surface area (TPSA) is 135 Å². The number of carboxylic acid groups (broad SMARTS) is 1. The van der Waals surface area contributed by atoms with Crippen molar-refractivity contribution in [3.63, 3.8) is 0 Å². The number of carbonyl (C=O) groups is 3. The van der Waals surface area contributed by atoms with Crippen molar-refractivity contribution in [2.45, 2.75) is 43.7 Å². The number of carbonyl (C=O) groups excluding carboxylic acids is 2. The molecule has 3 unspecified atom stereocenters. The fraction of sp³-hybridized carbons (Fsp3) is 0.375. The summed E-state index contributed by atoms with van der Waals surface area (Å²) >= 11 is 7.19. The van der Waals surface area contributed by atoms with E-state index in [-0.39, 0.29) is 40.1 Å². The first-order valence-corrected chi connectivity index (χ1v) is 14.3. The number of hydrogen-bond donors (Lipinski definition) is 2. The van der Waals surface area contributed by atoms with E-state index in [0.29, 0.717) is 29.5 Å². The van der Waals surface area contributed by atoms with Crippen LogP contribution in [0.3, 0.4) is 0 Å². The predicted molar refractivity (Wildman–Crippen MR) is 136 cm³/mol. The molecule has 2 heterocycles. The fourth-order valence-corrected chi connectivity index (χ4v) is 7.30. The van der Waals surface area contributed by atoms with Gasteiger partial charge in [-0.15, -0.1) is 0 Å². The zero-order valence-electron chi connectivity index (χ0n) is 19.8. The van der Waals surface area contributed by atoms with E-state index in [9.17, 15) is 27.9 Å². The number of nitrogens with two attached hydrogens (primary N) is 1. The van der Waals surface area contributed by atoms with Crippen molar-refractivity contribution in [1.82, 2.24) is 4.31 Å². The number of sulfonamides is 1. The summed E-state index contributed by atoms with van der Waals surface area (Å²) in [7, 11) is -4.11. The highest BCUT2D eigenvalue weighted by Crippen LogP contribution is 2.44. The number of benzene rings is 2. The van der Waals surface area contributed by atoms with E-state index in [1.807, 2.05) is 0 Å². The molecule has 9 nitrogen and oxygen atoms in total. The first-order chi connectivity index (χ1) is 16.9. The number of likely N-dealkylation sites (tertiary alicyclic amines) is 1. The van der Waals surface area contributed by atoms with Crippen LogP contribution in [0.1, 0.15) is 54.2 Å². The minimum Gasteiger partial charge on any atom is -0.435 e. The molecule has 4 atom stereocenters. The molecule has 1 saturated heterocycles. The number of amides is 3. The van der Waals surface area contributed by atoms with E-state index < -0.39 is 32.6 Å². The van der Waals surface area contributed by atoms with E-state index in [1.165, 1.54) is 16.4 Å². The molecule has 1 fully saturated rings. The highest BCUT2D eigenvalue weighted by atomic mass is 35.5. The van der Waals surface area contributed by atoms with Crippen molar-refractivity contribution in [1.29, 1.82) is 0 Å². The van der Waals surface area contributed by atoms with Gasteiger partial charge in [0.15, 0.2) is 0 Å². The van der Waals surface area contributed by atoms with Crippen LogP contribution in [0.2, 0.25) is 5.02 Å². The molecule has 12 heteroatoms. The Morgan fingerprint density at radius 1 is 1.28 bits per heavy atom. The third-order valence-electron chi connectivity index (χ3n) is 7.00. The minimum absolute atomic E-state index is 0.0281. The number of hydrogen-bond acceptors (Lipinski definition) is 6. The highest BCUT2D eigenvalue weighted by molar-refractivity contribution is 7.97. The largest absolute Gasteiger partial charge is 0.521 e. The van der Waals surface area contributed by atoms with E-state index in [2.05, 4.69) is 0 Å². The monoisotopic (exact) mass is 552 g/mol. The Labute approximate surface area is 219 Å². The van der Waals surface area contributed by atoms with Gasteiger partial charge in [0.2, 0.25) is 10.0 Å². The molecule has 2 aromatic carbocycles. The Morgan fingerprint density at radius 3 is 2.58 bits per heavy atom. The standard InChI is InChI=1S/C24H26ClN3O6S2/c1-14(23(30)28(24(31)32)11-5-6-15(28)2)13-35-27-21(17-7-3-4-8-18(17)22(27)29)16-9-10-19(25)20(12-16)36(26,33)34/h3-4,7-10,12,14-15,21H,5-6,11,13H2,1-2H3,(H2-,26,31,32,33,34)/p+1/t14?,15-,21?,28?/m1/s1. The molecular formula is C24H27ClN3O6S2+. The normalized spacial score (nSPS) is 24.6. The fourth-order valence-electron chi connectivity index (χ4n) is 5.09. The molecule has 0 aliphatic carbocycles. The number of halogens is 1. The molecular weight excluding hydrogens is 526 g/mol. The highest BCUT2D eigenvalue weighted by Gasteiger charge is 2.54. The van der Waals surface area contributed by atoms with Gasteiger partial charge in [-0.3, -0.25) is 9.10 Å². The van der Waals surface area contributed by atoms with Crippen LogP contribution in [-0.4, -0.2) is 58.6 Å². The van der Waals surface area contributed by atoms with Crippen LogP contribution in [0.5, 0.6) is 0 Å².